The molecular weight excluding hydrogens is 373 g/mol. The van der Waals surface area contributed by atoms with Crippen molar-refractivity contribution >= 4 is 28.4 Å². The van der Waals surface area contributed by atoms with Crippen molar-refractivity contribution in [3.05, 3.63) is 38.6 Å². The van der Waals surface area contributed by atoms with Gasteiger partial charge >= 0.3 is 0 Å². The van der Waals surface area contributed by atoms with Gasteiger partial charge in [-0.15, -0.1) is 0 Å². The van der Waals surface area contributed by atoms with E-state index < -0.39 is 0 Å². The molecule has 1 N–H and O–H groups in total. The number of anilines is 1. The molecular formula is C17H22IN3. The second-order valence-electron chi connectivity index (χ2n) is 5.60. The minimum absolute atomic E-state index is 0.377. The first-order chi connectivity index (χ1) is 9.93. The molecule has 0 radical (unpaired) electrons. The number of benzene rings is 1. The van der Waals surface area contributed by atoms with Crippen LogP contribution in [0.5, 0.6) is 0 Å². The normalized spacial score (nSPS) is 11.0. The number of aryl methyl sites for hydroxylation is 2. The number of hydrogen-bond acceptors (Lipinski definition) is 3. The van der Waals surface area contributed by atoms with E-state index in [4.69, 9.17) is 9.97 Å². The molecule has 0 atom stereocenters. The summed E-state index contributed by atoms with van der Waals surface area (Å²) >= 11 is 2.34. The number of nitrogens with one attached hydrogen (secondary N) is 1. The molecule has 0 saturated carbocycles. The van der Waals surface area contributed by atoms with Crippen LogP contribution in [0.1, 0.15) is 43.5 Å². The third-order valence-corrected chi connectivity index (χ3v) is 4.45. The first kappa shape index (κ1) is 16.2. The minimum Gasteiger partial charge on any atom is -0.369 e. The van der Waals surface area contributed by atoms with Gasteiger partial charge in [0.15, 0.2) is 5.82 Å². The van der Waals surface area contributed by atoms with Crippen molar-refractivity contribution in [2.75, 3.05) is 11.9 Å². The largest absolute Gasteiger partial charge is 0.369 e. The maximum atomic E-state index is 4.82. The summed E-state index contributed by atoms with van der Waals surface area (Å²) in [6.45, 7) is 11.5. The fraction of sp³-hybridized carbons (Fsp3) is 0.412. The van der Waals surface area contributed by atoms with Crippen LogP contribution in [-0.4, -0.2) is 16.5 Å². The van der Waals surface area contributed by atoms with E-state index in [1.807, 2.05) is 0 Å². The van der Waals surface area contributed by atoms with E-state index in [9.17, 15) is 0 Å². The summed E-state index contributed by atoms with van der Waals surface area (Å²) in [6.07, 6.45) is 0. The molecule has 0 unspecified atom stereocenters. The van der Waals surface area contributed by atoms with Gasteiger partial charge in [-0.3, -0.25) is 0 Å². The Morgan fingerprint density at radius 2 is 1.90 bits per heavy atom. The Balaban J connectivity index is 2.62. The lowest BCUT2D eigenvalue weighted by molar-refractivity contribution is 0.808. The predicted octanol–water partition coefficient (Wildman–Crippen LogP) is 4.92. The van der Waals surface area contributed by atoms with Gasteiger partial charge in [-0.05, 0) is 54.8 Å². The molecule has 0 bridgehead atoms. The van der Waals surface area contributed by atoms with E-state index in [2.05, 4.69) is 80.7 Å². The number of halogens is 1. The van der Waals surface area contributed by atoms with Gasteiger partial charge in [-0.2, -0.15) is 0 Å². The lowest BCUT2D eigenvalue weighted by Crippen LogP contribution is -2.09. The van der Waals surface area contributed by atoms with Crippen molar-refractivity contribution in [2.45, 2.75) is 40.5 Å². The molecule has 0 saturated heterocycles. The average molecular weight is 395 g/mol. The third-order valence-electron chi connectivity index (χ3n) is 3.39. The Kier molecular flexibility index (Phi) is 5.19. The van der Waals surface area contributed by atoms with Crippen molar-refractivity contribution in [1.82, 2.24) is 9.97 Å². The van der Waals surface area contributed by atoms with Gasteiger partial charge in [0, 0.05) is 12.1 Å². The highest BCUT2D eigenvalue weighted by atomic mass is 127. The smallest absolute Gasteiger partial charge is 0.162 e. The Morgan fingerprint density at radius 3 is 2.48 bits per heavy atom. The minimum atomic E-state index is 0.377. The van der Waals surface area contributed by atoms with E-state index in [1.165, 1.54) is 11.1 Å². The summed E-state index contributed by atoms with van der Waals surface area (Å²) in [5.41, 5.74) is 4.70. The zero-order valence-corrected chi connectivity index (χ0v) is 15.4. The van der Waals surface area contributed by atoms with E-state index in [-0.39, 0.29) is 0 Å². The second-order valence-corrected chi connectivity index (χ2v) is 6.68. The molecule has 1 heterocycles. The predicted molar refractivity (Wildman–Crippen MR) is 97.9 cm³/mol. The van der Waals surface area contributed by atoms with Gasteiger partial charge in [0.05, 0.1) is 9.26 Å². The second kappa shape index (κ2) is 6.73. The molecule has 0 aliphatic heterocycles. The fourth-order valence-corrected chi connectivity index (χ4v) is 3.37. The average Bonchev–Trinajstić information content (AvgIpc) is 2.41. The monoisotopic (exact) mass is 395 g/mol. The number of hydrogen-bond donors (Lipinski definition) is 1. The van der Waals surface area contributed by atoms with Crippen LogP contribution in [0.3, 0.4) is 0 Å². The first-order valence-electron chi connectivity index (χ1n) is 7.33. The van der Waals surface area contributed by atoms with E-state index in [0.717, 1.165) is 33.0 Å². The fourth-order valence-electron chi connectivity index (χ4n) is 2.32. The number of nitrogens with zero attached hydrogens (tertiary/aromatic N) is 2. The molecule has 0 aliphatic rings. The summed E-state index contributed by atoms with van der Waals surface area (Å²) in [6, 6.07) is 6.41. The highest BCUT2D eigenvalue weighted by molar-refractivity contribution is 14.1. The van der Waals surface area contributed by atoms with Crippen LogP contribution in [0.2, 0.25) is 0 Å². The Labute approximate surface area is 140 Å². The van der Waals surface area contributed by atoms with Crippen LogP contribution in [0.25, 0.3) is 11.4 Å². The SMILES string of the molecule is CCNc1nc(-c2ccc(C)cc2C)nc(C(C)C)c1I. The van der Waals surface area contributed by atoms with Gasteiger partial charge in [-0.25, -0.2) is 9.97 Å². The number of rotatable bonds is 4. The van der Waals surface area contributed by atoms with Gasteiger partial charge in [0.25, 0.3) is 0 Å². The topological polar surface area (TPSA) is 37.8 Å². The molecule has 4 heteroatoms. The molecule has 2 rings (SSSR count). The molecule has 0 spiro atoms. The molecule has 2 aromatic rings. The highest BCUT2D eigenvalue weighted by Crippen LogP contribution is 2.29. The lowest BCUT2D eigenvalue weighted by Gasteiger charge is -2.15. The third kappa shape index (κ3) is 3.54. The van der Waals surface area contributed by atoms with Gasteiger partial charge in [-0.1, -0.05) is 37.6 Å². The highest BCUT2D eigenvalue weighted by Gasteiger charge is 2.16. The van der Waals surface area contributed by atoms with E-state index in [0.29, 0.717) is 5.92 Å². The van der Waals surface area contributed by atoms with E-state index >= 15 is 0 Å². The standard InChI is InChI=1S/C17H22IN3/c1-6-19-17-14(18)15(10(2)3)20-16(21-17)13-8-7-11(4)9-12(13)5/h7-10H,6H2,1-5H3,(H,19,20,21). The molecule has 0 amide bonds. The quantitative estimate of drug-likeness (QED) is 0.747. The Bertz CT molecular complexity index is 651. The van der Waals surface area contributed by atoms with Crippen LogP contribution in [0.4, 0.5) is 5.82 Å². The van der Waals surface area contributed by atoms with Gasteiger partial charge in [0.2, 0.25) is 0 Å². The summed E-state index contributed by atoms with van der Waals surface area (Å²) in [5, 5.41) is 3.35. The summed E-state index contributed by atoms with van der Waals surface area (Å²) < 4.78 is 1.12. The zero-order valence-electron chi connectivity index (χ0n) is 13.3. The summed E-state index contributed by atoms with van der Waals surface area (Å²) in [7, 11) is 0. The molecule has 1 aromatic heterocycles. The molecule has 3 nitrogen and oxygen atoms in total. The van der Waals surface area contributed by atoms with E-state index in [1.54, 1.807) is 0 Å². The number of aromatic nitrogens is 2. The van der Waals surface area contributed by atoms with Crippen LogP contribution in [0.15, 0.2) is 18.2 Å². The van der Waals surface area contributed by atoms with Crippen LogP contribution < -0.4 is 5.32 Å². The van der Waals surface area contributed by atoms with Crippen molar-refractivity contribution < 1.29 is 0 Å². The molecule has 1 aromatic carbocycles. The van der Waals surface area contributed by atoms with Gasteiger partial charge in [0.1, 0.15) is 5.82 Å². The Hall–Kier alpha value is -1.17. The zero-order chi connectivity index (χ0) is 15.6. The molecule has 21 heavy (non-hydrogen) atoms. The Morgan fingerprint density at radius 1 is 1.19 bits per heavy atom. The van der Waals surface area contributed by atoms with Crippen LogP contribution in [-0.2, 0) is 0 Å². The summed E-state index contributed by atoms with van der Waals surface area (Å²) in [5.74, 6) is 2.13. The molecule has 0 aliphatic carbocycles. The maximum absolute atomic E-state index is 4.82. The van der Waals surface area contributed by atoms with Crippen molar-refractivity contribution in [2.24, 2.45) is 0 Å². The van der Waals surface area contributed by atoms with Gasteiger partial charge < -0.3 is 5.32 Å². The molecule has 0 fully saturated rings. The summed E-state index contributed by atoms with van der Waals surface area (Å²) in [4.78, 5) is 9.55. The maximum Gasteiger partial charge on any atom is 0.162 e. The van der Waals surface area contributed by atoms with Crippen molar-refractivity contribution in [3.63, 3.8) is 0 Å². The first-order valence-corrected chi connectivity index (χ1v) is 8.40. The van der Waals surface area contributed by atoms with Crippen molar-refractivity contribution in [1.29, 1.82) is 0 Å². The van der Waals surface area contributed by atoms with Crippen LogP contribution >= 0.6 is 22.6 Å². The van der Waals surface area contributed by atoms with Crippen LogP contribution in [0, 0.1) is 17.4 Å². The van der Waals surface area contributed by atoms with Crippen molar-refractivity contribution in [3.8, 4) is 11.4 Å². The lowest BCUT2D eigenvalue weighted by atomic mass is 10.0. The molecule has 112 valence electrons.